The first kappa shape index (κ1) is 12.9. The van der Waals surface area contributed by atoms with Crippen molar-refractivity contribution in [1.29, 1.82) is 0 Å². The molecule has 0 aliphatic heterocycles. The van der Waals surface area contributed by atoms with Gasteiger partial charge in [0, 0.05) is 11.9 Å². The van der Waals surface area contributed by atoms with E-state index in [2.05, 4.69) is 0 Å². The molecule has 2 nitrogen and oxygen atoms in total. The van der Waals surface area contributed by atoms with Crippen LogP contribution < -0.4 is 0 Å². The van der Waals surface area contributed by atoms with Gasteiger partial charge in [0.05, 0.1) is 11.1 Å². The molecule has 1 aromatic heterocycles. The zero-order valence-electron chi connectivity index (χ0n) is 10.5. The summed E-state index contributed by atoms with van der Waals surface area (Å²) in [6.07, 6.45) is 0.770. The number of aldehydes is 1. The van der Waals surface area contributed by atoms with E-state index in [-0.39, 0.29) is 5.82 Å². The van der Waals surface area contributed by atoms with Crippen LogP contribution >= 0.6 is 11.6 Å². The van der Waals surface area contributed by atoms with Gasteiger partial charge in [0.15, 0.2) is 6.29 Å². The van der Waals surface area contributed by atoms with Crippen LogP contribution in [0.2, 0.25) is 5.15 Å². The van der Waals surface area contributed by atoms with Crippen molar-refractivity contribution < 1.29 is 9.18 Å². The zero-order chi connectivity index (χ0) is 14.1. The number of carbonyl (C=O) groups is 1. The highest BCUT2D eigenvalue weighted by Crippen LogP contribution is 2.29. The van der Waals surface area contributed by atoms with Crippen LogP contribution in [0.4, 0.5) is 4.39 Å². The van der Waals surface area contributed by atoms with Crippen LogP contribution in [0.25, 0.3) is 10.9 Å². The highest BCUT2D eigenvalue weighted by Gasteiger charge is 2.14. The first-order valence-corrected chi connectivity index (χ1v) is 6.55. The molecule has 0 saturated heterocycles. The molecular weight excluding hydrogens is 277 g/mol. The fraction of sp³-hybridized carbons (Fsp3) is 0.0625. The summed E-state index contributed by atoms with van der Waals surface area (Å²) < 4.78 is 14.8. The normalized spacial score (nSPS) is 10.9. The van der Waals surface area contributed by atoms with E-state index in [1.54, 1.807) is 12.1 Å². The number of para-hydroxylation sites is 1. The van der Waals surface area contributed by atoms with Gasteiger partial charge in [-0.3, -0.25) is 4.79 Å². The van der Waals surface area contributed by atoms with Crippen molar-refractivity contribution in [3.63, 3.8) is 0 Å². The van der Waals surface area contributed by atoms with Crippen LogP contribution in [0.1, 0.15) is 15.9 Å². The Morgan fingerprint density at radius 2 is 1.80 bits per heavy atom. The van der Waals surface area contributed by atoms with Gasteiger partial charge in [-0.1, -0.05) is 41.9 Å². The molecule has 20 heavy (non-hydrogen) atoms. The molecule has 0 aliphatic rings. The minimum absolute atomic E-state index is 0.272. The highest BCUT2D eigenvalue weighted by molar-refractivity contribution is 6.34. The summed E-state index contributed by atoms with van der Waals surface area (Å²) in [4.78, 5) is 11.2. The topological polar surface area (TPSA) is 22.0 Å². The van der Waals surface area contributed by atoms with Crippen molar-refractivity contribution >= 4 is 28.8 Å². The summed E-state index contributed by atoms with van der Waals surface area (Å²) >= 11 is 6.29. The lowest BCUT2D eigenvalue weighted by Crippen LogP contribution is -1.99. The maximum atomic E-state index is 12.9. The van der Waals surface area contributed by atoms with Crippen LogP contribution in [-0.4, -0.2) is 10.9 Å². The molecule has 0 aliphatic carbocycles. The van der Waals surface area contributed by atoms with Crippen molar-refractivity contribution in [2.24, 2.45) is 0 Å². The van der Waals surface area contributed by atoms with E-state index in [4.69, 9.17) is 11.6 Å². The summed E-state index contributed by atoms with van der Waals surface area (Å²) in [5, 5.41) is 1.24. The first-order chi connectivity index (χ1) is 9.70. The molecule has 0 spiro atoms. The number of nitrogens with zero attached hydrogens (tertiary/aromatic N) is 1. The second-order valence-electron chi connectivity index (χ2n) is 4.55. The number of halogens is 2. The number of hydrogen-bond donors (Lipinski definition) is 0. The molecule has 0 unspecified atom stereocenters. The molecular formula is C16H11ClFNO. The largest absolute Gasteiger partial charge is 0.327 e. The maximum Gasteiger partial charge on any atom is 0.153 e. The quantitative estimate of drug-likeness (QED) is 0.659. The Labute approximate surface area is 120 Å². The monoisotopic (exact) mass is 287 g/mol. The standard InChI is InChI=1S/C16H11ClFNO/c17-16-14(10-20)13-3-1-2-4-15(13)19(16)9-11-5-7-12(18)8-6-11/h1-8,10H,9H2. The predicted octanol–water partition coefficient (Wildman–Crippen LogP) is 4.29. The Bertz CT molecular complexity index is 777. The number of benzene rings is 2. The maximum absolute atomic E-state index is 12.9. The van der Waals surface area contributed by atoms with Gasteiger partial charge >= 0.3 is 0 Å². The summed E-state index contributed by atoms with van der Waals surface area (Å²) in [6.45, 7) is 0.494. The van der Waals surface area contributed by atoms with Crippen LogP contribution in [-0.2, 0) is 6.54 Å². The molecule has 0 amide bonds. The fourth-order valence-electron chi connectivity index (χ4n) is 2.34. The fourth-order valence-corrected chi connectivity index (χ4v) is 2.64. The van der Waals surface area contributed by atoms with Crippen LogP contribution in [0.15, 0.2) is 48.5 Å². The lowest BCUT2D eigenvalue weighted by atomic mass is 10.2. The van der Waals surface area contributed by atoms with E-state index in [1.807, 2.05) is 28.8 Å². The molecule has 100 valence electrons. The molecule has 3 rings (SSSR count). The molecule has 1 heterocycles. The lowest BCUT2D eigenvalue weighted by molar-refractivity contribution is 0.112. The number of fused-ring (bicyclic) bond motifs is 1. The van der Waals surface area contributed by atoms with Crippen LogP contribution in [0, 0.1) is 5.82 Å². The van der Waals surface area contributed by atoms with Crippen molar-refractivity contribution in [3.05, 3.63) is 70.6 Å². The number of carbonyl (C=O) groups excluding carboxylic acids is 1. The van der Waals surface area contributed by atoms with Gasteiger partial charge in [0.25, 0.3) is 0 Å². The van der Waals surface area contributed by atoms with E-state index in [9.17, 15) is 9.18 Å². The Morgan fingerprint density at radius 3 is 2.50 bits per heavy atom. The highest BCUT2D eigenvalue weighted by atomic mass is 35.5. The lowest BCUT2D eigenvalue weighted by Gasteiger charge is -2.07. The minimum atomic E-state index is -0.272. The summed E-state index contributed by atoms with van der Waals surface area (Å²) in [5.74, 6) is -0.272. The average Bonchev–Trinajstić information content (AvgIpc) is 2.74. The van der Waals surface area contributed by atoms with Gasteiger partial charge in [-0.05, 0) is 23.8 Å². The minimum Gasteiger partial charge on any atom is -0.327 e. The van der Waals surface area contributed by atoms with E-state index in [0.717, 1.165) is 22.8 Å². The molecule has 0 atom stereocenters. The predicted molar refractivity (Wildman–Crippen MR) is 77.8 cm³/mol. The van der Waals surface area contributed by atoms with Crippen molar-refractivity contribution in [1.82, 2.24) is 4.57 Å². The summed E-state index contributed by atoms with van der Waals surface area (Å²) in [7, 11) is 0. The SMILES string of the molecule is O=Cc1c(Cl)n(Cc2ccc(F)cc2)c2ccccc12. The van der Waals surface area contributed by atoms with Crippen LogP contribution in [0.3, 0.4) is 0 Å². The molecule has 0 bridgehead atoms. The smallest absolute Gasteiger partial charge is 0.153 e. The summed E-state index contributed by atoms with van der Waals surface area (Å²) in [6, 6.07) is 13.8. The van der Waals surface area contributed by atoms with Crippen LogP contribution in [0.5, 0.6) is 0 Å². The Kier molecular flexibility index (Phi) is 3.28. The molecule has 0 fully saturated rings. The molecule has 0 saturated carbocycles. The van der Waals surface area contributed by atoms with Gasteiger partial charge in [0.1, 0.15) is 11.0 Å². The third kappa shape index (κ3) is 2.10. The molecule has 4 heteroatoms. The van der Waals surface area contributed by atoms with E-state index >= 15 is 0 Å². The summed E-state index contributed by atoms with van der Waals surface area (Å²) in [5.41, 5.74) is 2.31. The van der Waals surface area contributed by atoms with Crippen molar-refractivity contribution in [2.45, 2.75) is 6.54 Å². The van der Waals surface area contributed by atoms with Gasteiger partial charge in [0.2, 0.25) is 0 Å². The number of aromatic nitrogens is 1. The van der Waals surface area contributed by atoms with Gasteiger partial charge in [-0.25, -0.2) is 4.39 Å². The third-order valence-corrected chi connectivity index (χ3v) is 3.72. The second kappa shape index (κ2) is 5.10. The molecule has 3 aromatic rings. The molecule has 0 radical (unpaired) electrons. The average molecular weight is 288 g/mol. The van der Waals surface area contributed by atoms with Gasteiger partial charge in [-0.2, -0.15) is 0 Å². The van der Waals surface area contributed by atoms with Gasteiger partial charge < -0.3 is 4.57 Å². The first-order valence-electron chi connectivity index (χ1n) is 6.17. The van der Waals surface area contributed by atoms with Gasteiger partial charge in [-0.15, -0.1) is 0 Å². The van der Waals surface area contributed by atoms with E-state index in [0.29, 0.717) is 17.3 Å². The van der Waals surface area contributed by atoms with Crippen molar-refractivity contribution in [2.75, 3.05) is 0 Å². The molecule has 0 N–H and O–H groups in total. The second-order valence-corrected chi connectivity index (χ2v) is 4.91. The number of rotatable bonds is 3. The van der Waals surface area contributed by atoms with E-state index in [1.165, 1.54) is 12.1 Å². The Balaban J connectivity index is 2.13. The van der Waals surface area contributed by atoms with Crippen molar-refractivity contribution in [3.8, 4) is 0 Å². The Morgan fingerprint density at radius 1 is 1.10 bits per heavy atom. The molecule has 2 aromatic carbocycles. The Hall–Kier alpha value is -2.13. The van der Waals surface area contributed by atoms with E-state index < -0.39 is 0 Å². The zero-order valence-corrected chi connectivity index (χ0v) is 11.3. The number of hydrogen-bond acceptors (Lipinski definition) is 1. The third-order valence-electron chi connectivity index (χ3n) is 3.32.